The molecule has 4 rings (SSSR count). The summed E-state index contributed by atoms with van der Waals surface area (Å²) in [5.74, 6) is -1.55. The summed E-state index contributed by atoms with van der Waals surface area (Å²) in [5.41, 5.74) is 3.52. The van der Waals surface area contributed by atoms with Crippen molar-refractivity contribution in [2.45, 2.75) is 32.7 Å². The first kappa shape index (κ1) is 23.0. The monoisotopic (exact) mass is 459 g/mol. The summed E-state index contributed by atoms with van der Waals surface area (Å²) in [4.78, 5) is 41.5. The van der Waals surface area contributed by atoms with Gasteiger partial charge in [0, 0.05) is 18.5 Å². The number of aromatic carboxylic acids is 1. The zero-order valence-electron chi connectivity index (χ0n) is 18.8. The molecule has 2 aromatic carbocycles. The van der Waals surface area contributed by atoms with E-state index in [0.717, 1.165) is 36.3 Å². The summed E-state index contributed by atoms with van der Waals surface area (Å²) in [6.07, 6.45) is 6.21. The highest BCUT2D eigenvalue weighted by Crippen LogP contribution is 2.37. The lowest BCUT2D eigenvalue weighted by Crippen LogP contribution is -2.32. The quantitative estimate of drug-likeness (QED) is 0.469. The Morgan fingerprint density at radius 3 is 2.47 bits per heavy atom. The molecule has 2 heterocycles. The normalized spacial score (nSPS) is 14.0. The summed E-state index contributed by atoms with van der Waals surface area (Å²) in [5, 5.41) is 18.4. The zero-order chi connectivity index (χ0) is 24.2. The molecule has 0 atom stereocenters. The van der Waals surface area contributed by atoms with Crippen LogP contribution in [0.25, 0.3) is 11.6 Å². The van der Waals surface area contributed by atoms with Crippen LogP contribution in [0.5, 0.6) is 0 Å². The van der Waals surface area contributed by atoms with Crippen molar-refractivity contribution >= 4 is 35.2 Å². The molecule has 0 unspecified atom stereocenters. The van der Waals surface area contributed by atoms with E-state index in [1.165, 1.54) is 4.90 Å². The van der Waals surface area contributed by atoms with Gasteiger partial charge in [0.05, 0.1) is 28.7 Å². The lowest BCUT2D eigenvalue weighted by molar-refractivity contribution is -0.136. The van der Waals surface area contributed by atoms with Crippen LogP contribution in [0.15, 0.2) is 54.7 Å². The molecule has 0 radical (unpaired) electrons. The fourth-order valence-electron chi connectivity index (χ4n) is 4.08. The maximum absolute atomic E-state index is 13.2. The van der Waals surface area contributed by atoms with Crippen molar-refractivity contribution in [1.29, 1.82) is 0 Å². The Hall–Kier alpha value is -4.20. The van der Waals surface area contributed by atoms with Gasteiger partial charge in [-0.05, 0) is 36.3 Å². The zero-order valence-corrected chi connectivity index (χ0v) is 18.8. The van der Waals surface area contributed by atoms with E-state index < -0.39 is 18.5 Å². The molecule has 1 amide bonds. The fourth-order valence-corrected chi connectivity index (χ4v) is 4.08. The molecule has 0 saturated carbocycles. The summed E-state index contributed by atoms with van der Waals surface area (Å²) in [6.45, 7) is 2.16. The van der Waals surface area contributed by atoms with Crippen molar-refractivity contribution < 1.29 is 24.6 Å². The number of imidazole rings is 1. The van der Waals surface area contributed by atoms with Crippen LogP contribution in [-0.2, 0) is 22.6 Å². The standard InChI is InChI=1S/C26H25N3O5/c1-2-3-8-23-27-14-19(28(23)15-17-9-11-18(12-10-17)26(33)34)13-21-20-6-4-5-7-22(20)29(25(21)32)16-24(30)31/h4-7,9-14H,2-3,8,15-16H2,1H3,(H,30,31)(H,33,34)/b21-13+. The van der Waals surface area contributed by atoms with Crippen LogP contribution >= 0.6 is 0 Å². The summed E-state index contributed by atoms with van der Waals surface area (Å²) >= 11 is 0. The van der Waals surface area contributed by atoms with Crippen LogP contribution in [0, 0.1) is 0 Å². The van der Waals surface area contributed by atoms with E-state index in [-0.39, 0.29) is 11.5 Å². The largest absolute Gasteiger partial charge is 0.480 e. The molecular formula is C26H25N3O5. The van der Waals surface area contributed by atoms with Crippen molar-refractivity contribution in [3.63, 3.8) is 0 Å². The number of aryl methyl sites for hydroxylation is 1. The molecule has 0 fully saturated rings. The Morgan fingerprint density at radius 2 is 1.79 bits per heavy atom. The first-order chi connectivity index (χ1) is 16.4. The van der Waals surface area contributed by atoms with Gasteiger partial charge in [-0.25, -0.2) is 9.78 Å². The average Bonchev–Trinajstić information content (AvgIpc) is 3.31. The van der Waals surface area contributed by atoms with Gasteiger partial charge < -0.3 is 14.8 Å². The van der Waals surface area contributed by atoms with Gasteiger partial charge in [-0.3, -0.25) is 14.5 Å². The lowest BCUT2D eigenvalue weighted by Gasteiger charge is -2.13. The fraction of sp³-hybridized carbons (Fsp3) is 0.231. The Morgan fingerprint density at radius 1 is 1.06 bits per heavy atom. The van der Waals surface area contributed by atoms with Crippen LogP contribution in [-0.4, -0.2) is 44.2 Å². The number of hydrogen-bond donors (Lipinski definition) is 2. The predicted molar refractivity (Wildman–Crippen MR) is 128 cm³/mol. The number of carboxylic acid groups (broad SMARTS) is 2. The van der Waals surface area contributed by atoms with E-state index in [1.54, 1.807) is 48.7 Å². The molecule has 1 aliphatic heterocycles. The average molecular weight is 460 g/mol. The van der Waals surface area contributed by atoms with Gasteiger partial charge in [-0.15, -0.1) is 0 Å². The van der Waals surface area contributed by atoms with Crippen molar-refractivity contribution in [2.24, 2.45) is 0 Å². The predicted octanol–water partition coefficient (Wildman–Crippen LogP) is 3.94. The third-order valence-corrected chi connectivity index (χ3v) is 5.81. The Balaban J connectivity index is 1.74. The SMILES string of the molecule is CCCCc1ncc(/C=C2/C(=O)N(CC(=O)O)c3ccccc32)n1Cc1ccc(C(=O)O)cc1. The molecule has 3 aromatic rings. The van der Waals surface area contributed by atoms with Crippen LogP contribution in [0.2, 0.25) is 0 Å². The van der Waals surface area contributed by atoms with E-state index in [0.29, 0.717) is 23.4 Å². The number of unbranched alkanes of at least 4 members (excludes halogenated alkanes) is 1. The first-order valence-electron chi connectivity index (χ1n) is 11.1. The molecule has 0 aliphatic carbocycles. The van der Waals surface area contributed by atoms with Gasteiger partial charge in [0.1, 0.15) is 12.4 Å². The number of nitrogens with zero attached hydrogens (tertiary/aromatic N) is 3. The van der Waals surface area contributed by atoms with Gasteiger partial charge in [-0.1, -0.05) is 43.7 Å². The van der Waals surface area contributed by atoms with Crippen molar-refractivity contribution in [2.75, 3.05) is 11.4 Å². The number of carboxylic acids is 2. The number of aliphatic carboxylic acids is 1. The number of amides is 1. The summed E-state index contributed by atoms with van der Waals surface area (Å²) < 4.78 is 2.02. The van der Waals surface area contributed by atoms with E-state index in [2.05, 4.69) is 11.9 Å². The second kappa shape index (κ2) is 9.74. The molecule has 1 aromatic heterocycles. The number of para-hydroxylation sites is 1. The highest BCUT2D eigenvalue weighted by molar-refractivity contribution is 6.36. The molecule has 0 spiro atoms. The first-order valence-corrected chi connectivity index (χ1v) is 11.1. The number of carbonyl (C=O) groups excluding carboxylic acids is 1. The molecule has 0 bridgehead atoms. The minimum atomic E-state index is -1.08. The molecule has 34 heavy (non-hydrogen) atoms. The van der Waals surface area contributed by atoms with E-state index in [4.69, 9.17) is 5.11 Å². The number of carbonyl (C=O) groups is 3. The van der Waals surface area contributed by atoms with Crippen LogP contribution in [0.3, 0.4) is 0 Å². The van der Waals surface area contributed by atoms with Gasteiger partial charge in [-0.2, -0.15) is 0 Å². The number of anilines is 1. The number of rotatable bonds is 9. The summed E-state index contributed by atoms with van der Waals surface area (Å²) in [6, 6.07) is 13.8. The van der Waals surface area contributed by atoms with Gasteiger partial charge in [0.15, 0.2) is 0 Å². The second-order valence-electron chi connectivity index (χ2n) is 8.15. The van der Waals surface area contributed by atoms with Gasteiger partial charge in [0.2, 0.25) is 0 Å². The van der Waals surface area contributed by atoms with Crippen LogP contribution in [0.1, 0.15) is 52.8 Å². The second-order valence-corrected chi connectivity index (χ2v) is 8.15. The molecular weight excluding hydrogens is 434 g/mol. The maximum Gasteiger partial charge on any atom is 0.335 e. The Labute approximate surface area is 196 Å². The minimum absolute atomic E-state index is 0.217. The Bertz CT molecular complexity index is 1270. The molecule has 2 N–H and O–H groups in total. The lowest BCUT2D eigenvalue weighted by atomic mass is 10.1. The van der Waals surface area contributed by atoms with E-state index in [9.17, 15) is 19.5 Å². The van der Waals surface area contributed by atoms with Gasteiger partial charge >= 0.3 is 11.9 Å². The van der Waals surface area contributed by atoms with Gasteiger partial charge in [0.25, 0.3) is 5.91 Å². The molecule has 1 aliphatic rings. The topological polar surface area (TPSA) is 113 Å². The number of hydrogen-bond acceptors (Lipinski definition) is 4. The van der Waals surface area contributed by atoms with Crippen molar-refractivity contribution in [3.05, 3.63) is 82.9 Å². The molecule has 8 nitrogen and oxygen atoms in total. The number of aromatic nitrogens is 2. The highest BCUT2D eigenvalue weighted by Gasteiger charge is 2.33. The Kier molecular flexibility index (Phi) is 6.58. The number of fused-ring (bicyclic) bond motifs is 1. The molecule has 8 heteroatoms. The minimum Gasteiger partial charge on any atom is -0.480 e. The van der Waals surface area contributed by atoms with Crippen LogP contribution in [0.4, 0.5) is 5.69 Å². The molecule has 0 saturated heterocycles. The third-order valence-electron chi connectivity index (χ3n) is 5.81. The smallest absolute Gasteiger partial charge is 0.335 e. The third kappa shape index (κ3) is 4.61. The maximum atomic E-state index is 13.2. The van der Waals surface area contributed by atoms with E-state index >= 15 is 0 Å². The molecule has 174 valence electrons. The van der Waals surface area contributed by atoms with Crippen molar-refractivity contribution in [1.82, 2.24) is 9.55 Å². The van der Waals surface area contributed by atoms with Crippen LogP contribution < -0.4 is 4.90 Å². The summed E-state index contributed by atoms with van der Waals surface area (Å²) in [7, 11) is 0. The van der Waals surface area contributed by atoms with Crippen molar-refractivity contribution in [3.8, 4) is 0 Å². The highest BCUT2D eigenvalue weighted by atomic mass is 16.4. The van der Waals surface area contributed by atoms with E-state index in [1.807, 2.05) is 16.7 Å². The number of benzene rings is 2.